The third-order valence-corrected chi connectivity index (χ3v) is 2.94. The highest BCUT2D eigenvalue weighted by Gasteiger charge is 2.22. The monoisotopic (exact) mass is 233 g/mol. The van der Waals surface area contributed by atoms with Crippen LogP contribution in [0.5, 0.6) is 0 Å². The van der Waals surface area contributed by atoms with E-state index in [9.17, 15) is 4.79 Å². The van der Waals surface area contributed by atoms with Gasteiger partial charge in [-0.1, -0.05) is 6.07 Å². The van der Waals surface area contributed by atoms with E-state index in [1.807, 2.05) is 32.0 Å². The molecule has 1 aliphatic heterocycles. The molecule has 1 aromatic rings. The molecule has 0 unspecified atom stereocenters. The smallest absolute Gasteiger partial charge is 0.239 e. The van der Waals surface area contributed by atoms with E-state index in [1.165, 1.54) is 5.56 Å². The third kappa shape index (κ3) is 2.52. The molecule has 1 heterocycles. The van der Waals surface area contributed by atoms with Crippen LogP contribution in [0.2, 0.25) is 0 Å². The first-order valence-corrected chi connectivity index (χ1v) is 5.99. The number of amides is 1. The van der Waals surface area contributed by atoms with E-state index in [2.05, 4.69) is 10.2 Å². The van der Waals surface area contributed by atoms with E-state index in [-0.39, 0.29) is 11.9 Å². The van der Waals surface area contributed by atoms with Crippen molar-refractivity contribution in [3.05, 3.63) is 23.8 Å². The van der Waals surface area contributed by atoms with Crippen LogP contribution in [0.25, 0.3) is 0 Å². The molecule has 1 amide bonds. The summed E-state index contributed by atoms with van der Waals surface area (Å²) in [7, 11) is 0. The van der Waals surface area contributed by atoms with Gasteiger partial charge in [0, 0.05) is 29.5 Å². The first-order valence-electron chi connectivity index (χ1n) is 5.99. The van der Waals surface area contributed by atoms with Crippen molar-refractivity contribution in [1.29, 1.82) is 0 Å². The predicted molar refractivity (Wildman–Crippen MR) is 70.1 cm³/mol. The lowest BCUT2D eigenvalue weighted by atomic mass is 10.1. The molecule has 4 heteroatoms. The van der Waals surface area contributed by atoms with Gasteiger partial charge in [0.25, 0.3) is 0 Å². The average molecular weight is 233 g/mol. The van der Waals surface area contributed by atoms with E-state index in [4.69, 9.17) is 5.73 Å². The fourth-order valence-electron chi connectivity index (χ4n) is 2.23. The summed E-state index contributed by atoms with van der Waals surface area (Å²) in [5.41, 5.74) is 9.02. The van der Waals surface area contributed by atoms with Crippen molar-refractivity contribution in [2.45, 2.75) is 26.3 Å². The molecule has 0 aromatic heterocycles. The van der Waals surface area contributed by atoms with Gasteiger partial charge in [-0.25, -0.2) is 0 Å². The normalized spacial score (nSPS) is 13.9. The van der Waals surface area contributed by atoms with E-state index in [0.29, 0.717) is 6.54 Å². The van der Waals surface area contributed by atoms with Crippen molar-refractivity contribution in [2.24, 2.45) is 0 Å². The number of rotatable bonds is 3. The largest absolute Gasteiger partial charge is 0.398 e. The molecular weight excluding hydrogens is 214 g/mol. The van der Waals surface area contributed by atoms with Crippen molar-refractivity contribution < 1.29 is 4.79 Å². The average Bonchev–Trinajstić information content (AvgIpc) is 2.62. The topological polar surface area (TPSA) is 58.4 Å². The Morgan fingerprint density at radius 3 is 3.00 bits per heavy atom. The Morgan fingerprint density at radius 2 is 2.29 bits per heavy atom. The van der Waals surface area contributed by atoms with Crippen LogP contribution in [0.4, 0.5) is 11.4 Å². The molecule has 0 spiro atoms. The molecule has 17 heavy (non-hydrogen) atoms. The standard InChI is InChI=1S/C13H19N3O/c1-9(2)15-13(17)8-16-7-6-10-11(14)4-3-5-12(10)16/h3-5,9H,6-8,14H2,1-2H3,(H,15,17). The molecule has 2 rings (SSSR count). The Bertz CT molecular complexity index is 429. The van der Waals surface area contributed by atoms with Crippen LogP contribution < -0.4 is 16.0 Å². The Labute approximate surface area is 102 Å². The van der Waals surface area contributed by atoms with Gasteiger partial charge >= 0.3 is 0 Å². The van der Waals surface area contributed by atoms with Gasteiger partial charge in [0.2, 0.25) is 5.91 Å². The highest BCUT2D eigenvalue weighted by atomic mass is 16.2. The first-order chi connectivity index (χ1) is 8.08. The minimum Gasteiger partial charge on any atom is -0.398 e. The Kier molecular flexibility index (Phi) is 3.22. The minimum absolute atomic E-state index is 0.0651. The van der Waals surface area contributed by atoms with Crippen molar-refractivity contribution in [3.8, 4) is 0 Å². The molecule has 0 saturated carbocycles. The number of fused-ring (bicyclic) bond motifs is 1. The second-order valence-electron chi connectivity index (χ2n) is 4.74. The Morgan fingerprint density at radius 1 is 1.53 bits per heavy atom. The third-order valence-electron chi connectivity index (χ3n) is 2.94. The number of benzene rings is 1. The minimum atomic E-state index is 0.0651. The fraction of sp³-hybridized carbons (Fsp3) is 0.462. The number of hydrogen-bond acceptors (Lipinski definition) is 3. The molecule has 0 atom stereocenters. The molecule has 0 saturated heterocycles. The highest BCUT2D eigenvalue weighted by molar-refractivity contribution is 5.83. The van der Waals surface area contributed by atoms with Gasteiger partial charge in [0.05, 0.1) is 6.54 Å². The number of anilines is 2. The van der Waals surface area contributed by atoms with Crippen LogP contribution in [-0.2, 0) is 11.2 Å². The summed E-state index contributed by atoms with van der Waals surface area (Å²) in [5, 5.41) is 2.90. The molecule has 92 valence electrons. The zero-order valence-corrected chi connectivity index (χ0v) is 10.4. The molecule has 0 aliphatic carbocycles. The second-order valence-corrected chi connectivity index (χ2v) is 4.74. The van der Waals surface area contributed by atoms with Crippen LogP contribution >= 0.6 is 0 Å². The number of carbonyl (C=O) groups is 1. The van der Waals surface area contributed by atoms with Crippen molar-refractivity contribution in [2.75, 3.05) is 23.7 Å². The van der Waals surface area contributed by atoms with Crippen LogP contribution in [-0.4, -0.2) is 25.0 Å². The van der Waals surface area contributed by atoms with E-state index >= 15 is 0 Å². The molecule has 0 fully saturated rings. The summed E-state index contributed by atoms with van der Waals surface area (Å²) in [6.07, 6.45) is 0.928. The van der Waals surface area contributed by atoms with Gasteiger partial charge in [0.15, 0.2) is 0 Å². The number of carbonyl (C=O) groups excluding carboxylic acids is 1. The van der Waals surface area contributed by atoms with Gasteiger partial charge in [-0.05, 0) is 32.4 Å². The lowest BCUT2D eigenvalue weighted by Crippen LogP contribution is -2.39. The maximum Gasteiger partial charge on any atom is 0.239 e. The number of hydrogen-bond donors (Lipinski definition) is 2. The number of nitrogen functional groups attached to an aromatic ring is 1. The maximum absolute atomic E-state index is 11.7. The first kappa shape index (κ1) is 11.8. The van der Waals surface area contributed by atoms with Crippen LogP contribution in [0, 0.1) is 0 Å². The van der Waals surface area contributed by atoms with Gasteiger partial charge in [0.1, 0.15) is 0 Å². The van der Waals surface area contributed by atoms with Crippen molar-refractivity contribution in [3.63, 3.8) is 0 Å². The van der Waals surface area contributed by atoms with Gasteiger partial charge in [-0.2, -0.15) is 0 Å². The zero-order chi connectivity index (χ0) is 12.4. The summed E-state index contributed by atoms with van der Waals surface area (Å²) in [6, 6.07) is 6.07. The Balaban J connectivity index is 2.07. The summed E-state index contributed by atoms with van der Waals surface area (Å²) in [5.74, 6) is 0.0651. The maximum atomic E-state index is 11.7. The van der Waals surface area contributed by atoms with E-state index < -0.39 is 0 Å². The summed E-state index contributed by atoms with van der Waals surface area (Å²) < 4.78 is 0. The zero-order valence-electron chi connectivity index (χ0n) is 10.4. The molecular formula is C13H19N3O. The van der Waals surface area contributed by atoms with Gasteiger partial charge in [-0.15, -0.1) is 0 Å². The Hall–Kier alpha value is -1.71. The lowest BCUT2D eigenvalue weighted by Gasteiger charge is -2.19. The van der Waals surface area contributed by atoms with Gasteiger partial charge in [-0.3, -0.25) is 4.79 Å². The number of nitrogens with two attached hydrogens (primary N) is 1. The van der Waals surface area contributed by atoms with Crippen LogP contribution in [0.3, 0.4) is 0 Å². The molecule has 3 N–H and O–H groups in total. The van der Waals surface area contributed by atoms with Crippen molar-refractivity contribution >= 4 is 17.3 Å². The van der Waals surface area contributed by atoms with Gasteiger partial charge < -0.3 is 16.0 Å². The lowest BCUT2D eigenvalue weighted by molar-refractivity contribution is -0.120. The molecule has 1 aliphatic rings. The number of nitrogens with one attached hydrogen (secondary N) is 1. The summed E-state index contributed by atoms with van der Waals surface area (Å²) in [6.45, 7) is 5.21. The molecule has 4 nitrogen and oxygen atoms in total. The van der Waals surface area contributed by atoms with Crippen LogP contribution in [0.15, 0.2) is 18.2 Å². The summed E-state index contributed by atoms with van der Waals surface area (Å²) >= 11 is 0. The summed E-state index contributed by atoms with van der Waals surface area (Å²) in [4.78, 5) is 13.8. The molecule has 0 radical (unpaired) electrons. The van der Waals surface area contributed by atoms with Crippen molar-refractivity contribution in [1.82, 2.24) is 5.32 Å². The quantitative estimate of drug-likeness (QED) is 0.770. The number of nitrogens with zero attached hydrogens (tertiary/aromatic N) is 1. The second kappa shape index (κ2) is 4.65. The molecule has 0 bridgehead atoms. The molecule has 1 aromatic carbocycles. The van der Waals surface area contributed by atoms with E-state index in [1.54, 1.807) is 0 Å². The van der Waals surface area contributed by atoms with E-state index in [0.717, 1.165) is 24.3 Å². The SMILES string of the molecule is CC(C)NC(=O)CN1CCc2c(N)cccc21. The van der Waals surface area contributed by atoms with Crippen LogP contribution in [0.1, 0.15) is 19.4 Å². The predicted octanol–water partition coefficient (Wildman–Crippen LogP) is 1.16. The fourth-order valence-corrected chi connectivity index (χ4v) is 2.23. The highest BCUT2D eigenvalue weighted by Crippen LogP contribution is 2.31.